The van der Waals surface area contributed by atoms with Gasteiger partial charge in [-0.15, -0.1) is 0 Å². The van der Waals surface area contributed by atoms with Gasteiger partial charge in [0.15, 0.2) is 5.11 Å². The first-order valence-electron chi connectivity index (χ1n) is 7.83. The van der Waals surface area contributed by atoms with Crippen LogP contribution in [0, 0.1) is 5.82 Å². The molecule has 1 N–H and O–H groups in total. The maximum atomic E-state index is 12.9. The van der Waals surface area contributed by atoms with E-state index in [4.69, 9.17) is 12.2 Å². The lowest BCUT2D eigenvalue weighted by atomic mass is 10.1. The van der Waals surface area contributed by atoms with Crippen molar-refractivity contribution in [1.82, 2.24) is 10.2 Å². The maximum Gasteiger partial charge on any atom is 0.169 e. The lowest BCUT2D eigenvalue weighted by molar-refractivity contribution is 0.489. The van der Waals surface area contributed by atoms with Crippen LogP contribution >= 0.6 is 12.2 Å². The molecule has 0 saturated heterocycles. The minimum atomic E-state index is -0.227. The highest BCUT2D eigenvalue weighted by Crippen LogP contribution is 2.16. The average Bonchev–Trinajstić information content (AvgIpc) is 2.61. The Balaban J connectivity index is 1.59. The third kappa shape index (κ3) is 4.09. The Morgan fingerprint density at radius 3 is 2.38 bits per heavy atom. The first-order valence-corrected chi connectivity index (χ1v) is 8.24. The molecule has 0 aliphatic heterocycles. The molecule has 0 bridgehead atoms. The van der Waals surface area contributed by atoms with E-state index in [1.54, 1.807) is 12.1 Å². The normalized spacial score (nSPS) is 10.6. The molecule has 24 heavy (non-hydrogen) atoms. The first-order chi connectivity index (χ1) is 11.6. The van der Waals surface area contributed by atoms with Gasteiger partial charge in [-0.05, 0) is 52.3 Å². The van der Waals surface area contributed by atoms with E-state index in [0.717, 1.165) is 12.1 Å². The molecule has 0 saturated carbocycles. The molecule has 2 nitrogen and oxygen atoms in total. The number of fused-ring (bicyclic) bond motifs is 1. The Bertz CT molecular complexity index is 846. The summed E-state index contributed by atoms with van der Waals surface area (Å²) in [4.78, 5) is 2.00. The predicted octanol–water partition coefficient (Wildman–Crippen LogP) is 4.49. The number of nitrogens with zero attached hydrogens (tertiary/aromatic N) is 1. The zero-order valence-corrected chi connectivity index (χ0v) is 14.3. The molecule has 0 radical (unpaired) electrons. The second-order valence-electron chi connectivity index (χ2n) is 5.82. The zero-order valence-electron chi connectivity index (χ0n) is 13.5. The SMILES string of the molecule is CN(Cc1ccc2ccccc2c1)C(=S)NCc1ccc(F)cc1. The fraction of sp³-hybridized carbons (Fsp3) is 0.150. The number of rotatable bonds is 4. The molecule has 3 rings (SSSR count). The third-order valence-electron chi connectivity index (χ3n) is 3.94. The molecule has 0 amide bonds. The minimum Gasteiger partial charge on any atom is -0.358 e. The highest BCUT2D eigenvalue weighted by atomic mass is 32.1. The van der Waals surface area contributed by atoms with Crippen molar-refractivity contribution in [3.05, 3.63) is 83.7 Å². The van der Waals surface area contributed by atoms with E-state index < -0.39 is 0 Å². The fourth-order valence-electron chi connectivity index (χ4n) is 2.60. The van der Waals surface area contributed by atoms with Gasteiger partial charge in [-0.1, -0.05) is 48.5 Å². The van der Waals surface area contributed by atoms with Crippen LogP contribution in [-0.4, -0.2) is 17.1 Å². The second kappa shape index (κ2) is 7.41. The van der Waals surface area contributed by atoms with Crippen LogP contribution < -0.4 is 5.32 Å². The topological polar surface area (TPSA) is 15.3 Å². The van der Waals surface area contributed by atoms with Gasteiger partial charge in [0.25, 0.3) is 0 Å². The standard InChI is InChI=1S/C20H19FN2S/c1-23(20(24)22-13-15-7-10-19(21)11-8-15)14-16-6-9-17-4-2-3-5-18(17)12-16/h2-12H,13-14H2,1H3,(H,22,24). The maximum absolute atomic E-state index is 12.9. The molecular weight excluding hydrogens is 319 g/mol. The van der Waals surface area contributed by atoms with Crippen LogP contribution in [0.4, 0.5) is 4.39 Å². The van der Waals surface area contributed by atoms with Gasteiger partial charge in [0.1, 0.15) is 5.82 Å². The summed E-state index contributed by atoms with van der Waals surface area (Å²) in [6.45, 7) is 1.32. The van der Waals surface area contributed by atoms with Crippen molar-refractivity contribution in [2.45, 2.75) is 13.1 Å². The molecule has 3 aromatic rings. The third-order valence-corrected chi connectivity index (χ3v) is 4.39. The number of thiocarbonyl (C=S) groups is 1. The van der Waals surface area contributed by atoms with Crippen LogP contribution in [0.3, 0.4) is 0 Å². The predicted molar refractivity (Wildman–Crippen MR) is 101 cm³/mol. The Kier molecular flexibility index (Phi) is 5.06. The Hall–Kier alpha value is -2.46. The van der Waals surface area contributed by atoms with Crippen molar-refractivity contribution in [2.75, 3.05) is 7.05 Å². The molecule has 0 spiro atoms. The van der Waals surface area contributed by atoms with Gasteiger partial charge >= 0.3 is 0 Å². The molecule has 0 aliphatic rings. The van der Waals surface area contributed by atoms with E-state index in [0.29, 0.717) is 11.7 Å². The molecule has 0 aromatic heterocycles. The number of halogens is 1. The van der Waals surface area contributed by atoms with E-state index >= 15 is 0 Å². The molecule has 122 valence electrons. The number of hydrogen-bond acceptors (Lipinski definition) is 1. The van der Waals surface area contributed by atoms with Gasteiger partial charge in [0, 0.05) is 20.1 Å². The lowest BCUT2D eigenvalue weighted by Gasteiger charge is -2.21. The number of nitrogens with one attached hydrogen (secondary N) is 1. The lowest BCUT2D eigenvalue weighted by Crippen LogP contribution is -2.36. The summed E-state index contributed by atoms with van der Waals surface area (Å²) in [6, 6.07) is 21.2. The highest BCUT2D eigenvalue weighted by Gasteiger charge is 2.06. The first kappa shape index (κ1) is 16.4. The molecular formula is C20H19FN2S. The summed E-state index contributed by atoms with van der Waals surface area (Å²) in [5, 5.41) is 6.35. The van der Waals surface area contributed by atoms with Gasteiger partial charge in [-0.2, -0.15) is 0 Å². The summed E-state index contributed by atoms with van der Waals surface area (Å²) in [5.41, 5.74) is 2.21. The van der Waals surface area contributed by atoms with Crippen molar-refractivity contribution in [3.63, 3.8) is 0 Å². The Labute approximate surface area is 146 Å². The molecule has 0 fully saturated rings. The van der Waals surface area contributed by atoms with Crippen LogP contribution in [0.15, 0.2) is 66.7 Å². The fourth-order valence-corrected chi connectivity index (χ4v) is 2.73. The van der Waals surface area contributed by atoms with Gasteiger partial charge in [-0.3, -0.25) is 0 Å². The van der Waals surface area contributed by atoms with Crippen LogP contribution in [0.5, 0.6) is 0 Å². The monoisotopic (exact) mass is 338 g/mol. The van der Waals surface area contributed by atoms with Crippen molar-refractivity contribution in [2.24, 2.45) is 0 Å². The van der Waals surface area contributed by atoms with Crippen LogP contribution in [0.2, 0.25) is 0 Å². The van der Waals surface area contributed by atoms with Crippen molar-refractivity contribution in [3.8, 4) is 0 Å². The zero-order chi connectivity index (χ0) is 16.9. The van der Waals surface area contributed by atoms with Crippen molar-refractivity contribution in [1.29, 1.82) is 0 Å². The summed E-state index contributed by atoms with van der Waals surface area (Å²) in [6.07, 6.45) is 0. The number of hydrogen-bond donors (Lipinski definition) is 1. The second-order valence-corrected chi connectivity index (χ2v) is 6.21. The van der Waals surface area contributed by atoms with E-state index in [2.05, 4.69) is 35.6 Å². The van der Waals surface area contributed by atoms with Crippen LogP contribution in [0.25, 0.3) is 10.8 Å². The molecule has 0 atom stereocenters. The van der Waals surface area contributed by atoms with E-state index in [-0.39, 0.29) is 5.82 Å². The minimum absolute atomic E-state index is 0.227. The Morgan fingerprint density at radius 1 is 0.958 bits per heavy atom. The van der Waals surface area contributed by atoms with E-state index in [1.165, 1.54) is 28.5 Å². The van der Waals surface area contributed by atoms with E-state index in [9.17, 15) is 4.39 Å². The molecule has 0 heterocycles. The molecule has 0 unspecified atom stereocenters. The quantitative estimate of drug-likeness (QED) is 0.706. The summed E-state index contributed by atoms with van der Waals surface area (Å²) >= 11 is 5.44. The van der Waals surface area contributed by atoms with Crippen molar-refractivity contribution >= 4 is 28.1 Å². The Morgan fingerprint density at radius 2 is 1.62 bits per heavy atom. The average molecular weight is 338 g/mol. The van der Waals surface area contributed by atoms with Gasteiger partial charge in [-0.25, -0.2) is 4.39 Å². The van der Waals surface area contributed by atoms with Crippen molar-refractivity contribution < 1.29 is 4.39 Å². The smallest absolute Gasteiger partial charge is 0.169 e. The summed E-state index contributed by atoms with van der Waals surface area (Å²) < 4.78 is 12.9. The summed E-state index contributed by atoms with van der Waals surface area (Å²) in [5.74, 6) is -0.227. The number of benzene rings is 3. The molecule has 4 heteroatoms. The van der Waals surface area contributed by atoms with Gasteiger partial charge in [0.2, 0.25) is 0 Å². The van der Waals surface area contributed by atoms with E-state index in [1.807, 2.05) is 24.1 Å². The van der Waals surface area contributed by atoms with Gasteiger partial charge < -0.3 is 10.2 Å². The van der Waals surface area contributed by atoms with Crippen LogP contribution in [-0.2, 0) is 13.1 Å². The largest absolute Gasteiger partial charge is 0.358 e. The molecule has 0 aliphatic carbocycles. The molecule has 3 aromatic carbocycles. The summed E-state index contributed by atoms with van der Waals surface area (Å²) in [7, 11) is 1.97. The highest BCUT2D eigenvalue weighted by molar-refractivity contribution is 7.80. The van der Waals surface area contributed by atoms with Crippen LogP contribution in [0.1, 0.15) is 11.1 Å². The van der Waals surface area contributed by atoms with Gasteiger partial charge in [0.05, 0.1) is 0 Å².